The summed E-state index contributed by atoms with van der Waals surface area (Å²) in [7, 11) is 0. The Bertz CT molecular complexity index is 1230. The van der Waals surface area contributed by atoms with Crippen LogP contribution in [0.4, 0.5) is 39.5 Å². The number of amides is 1. The number of aromatic nitrogens is 5. The van der Waals surface area contributed by atoms with Crippen molar-refractivity contribution in [3.8, 4) is 11.4 Å². The third-order valence-corrected chi connectivity index (χ3v) is 4.06. The summed E-state index contributed by atoms with van der Waals surface area (Å²) in [5.74, 6) is -1.83. The summed E-state index contributed by atoms with van der Waals surface area (Å²) in [5, 5.41) is 3.67. The number of halogens is 9. The average Bonchev–Trinajstić information content (AvgIpc) is 3.18. The SMILES string of the molecule is NC(=O)/C(=C/n1cnc(-c2cc(C(F)(F)F)nc(C(F)(F)F)c2)n1)c1ccnc(C(F)(F)F)c1. The number of carbonyl (C=O) groups is 1. The lowest BCUT2D eigenvalue weighted by Gasteiger charge is -2.11. The second-order valence-electron chi connectivity index (χ2n) is 6.50. The lowest BCUT2D eigenvalue weighted by molar-refractivity contribution is -0.150. The van der Waals surface area contributed by atoms with Crippen LogP contribution in [0.1, 0.15) is 22.6 Å². The van der Waals surface area contributed by atoms with E-state index in [1.54, 1.807) is 0 Å². The fourth-order valence-corrected chi connectivity index (χ4v) is 2.59. The van der Waals surface area contributed by atoms with E-state index in [9.17, 15) is 44.3 Å². The van der Waals surface area contributed by atoms with Crippen LogP contribution >= 0.6 is 0 Å². The molecule has 0 aliphatic rings. The van der Waals surface area contributed by atoms with Crippen LogP contribution in [0.15, 0.2) is 36.8 Å². The zero-order valence-electron chi connectivity index (χ0n) is 16.2. The number of nitrogens with zero attached hydrogens (tertiary/aromatic N) is 5. The van der Waals surface area contributed by atoms with Gasteiger partial charge in [-0.3, -0.25) is 9.78 Å². The molecule has 3 aromatic heterocycles. The first kappa shape index (κ1) is 24.7. The molecule has 0 spiro atoms. The Balaban J connectivity index is 2.07. The molecule has 34 heavy (non-hydrogen) atoms. The number of rotatable bonds is 4. The van der Waals surface area contributed by atoms with Gasteiger partial charge in [0, 0.05) is 18.0 Å². The molecule has 0 radical (unpaired) electrons. The molecule has 3 heterocycles. The van der Waals surface area contributed by atoms with Crippen LogP contribution in [0.25, 0.3) is 23.2 Å². The monoisotopic (exact) mass is 496 g/mol. The lowest BCUT2D eigenvalue weighted by atomic mass is 10.1. The molecule has 0 bridgehead atoms. The van der Waals surface area contributed by atoms with Gasteiger partial charge in [-0.25, -0.2) is 14.6 Å². The maximum atomic E-state index is 13.0. The van der Waals surface area contributed by atoms with Crippen molar-refractivity contribution in [3.63, 3.8) is 0 Å². The largest absolute Gasteiger partial charge is 0.433 e. The van der Waals surface area contributed by atoms with Gasteiger partial charge in [0.15, 0.2) is 5.82 Å². The van der Waals surface area contributed by atoms with Gasteiger partial charge in [0.25, 0.3) is 5.91 Å². The molecule has 0 atom stereocenters. The minimum atomic E-state index is -5.21. The lowest BCUT2D eigenvalue weighted by Crippen LogP contribution is -2.15. The molecule has 0 fully saturated rings. The Morgan fingerprint density at radius 2 is 1.41 bits per heavy atom. The number of hydrogen-bond acceptors (Lipinski definition) is 5. The molecule has 1 amide bonds. The maximum Gasteiger partial charge on any atom is 0.433 e. The number of pyridine rings is 2. The van der Waals surface area contributed by atoms with E-state index in [0.717, 1.165) is 24.8 Å². The molecule has 180 valence electrons. The van der Waals surface area contributed by atoms with E-state index in [0.29, 0.717) is 10.7 Å². The summed E-state index contributed by atoms with van der Waals surface area (Å²) in [5.41, 5.74) is -1.39. The molecule has 0 unspecified atom stereocenters. The quantitative estimate of drug-likeness (QED) is 0.430. The minimum absolute atomic E-state index is 0.284. The standard InChI is InChI=1S/C18H9F9N6O/c19-16(20,21)11-3-8(1-2-29-11)10(14(28)34)6-33-7-30-15(32-33)9-4-12(17(22,23)24)31-13(5-9)18(25,26)27/h1-7H,(H2,28,34)/b10-6+. The normalized spacial score (nSPS) is 13.3. The van der Waals surface area contributed by atoms with E-state index < -0.39 is 58.5 Å². The molecule has 0 aliphatic heterocycles. The molecule has 3 aromatic rings. The second kappa shape index (κ2) is 8.42. The molecular weight excluding hydrogens is 487 g/mol. The molecule has 0 saturated heterocycles. The van der Waals surface area contributed by atoms with Crippen molar-refractivity contribution < 1.29 is 44.3 Å². The van der Waals surface area contributed by atoms with Crippen molar-refractivity contribution in [2.24, 2.45) is 5.73 Å². The number of alkyl halides is 9. The van der Waals surface area contributed by atoms with Crippen molar-refractivity contribution in [1.29, 1.82) is 0 Å². The summed E-state index contributed by atoms with van der Waals surface area (Å²) in [6, 6.07) is 2.11. The fraction of sp³-hybridized carbons (Fsp3) is 0.167. The van der Waals surface area contributed by atoms with Crippen LogP contribution in [0.3, 0.4) is 0 Å². The second-order valence-corrected chi connectivity index (χ2v) is 6.50. The first-order chi connectivity index (χ1) is 15.6. The Morgan fingerprint density at radius 1 is 0.853 bits per heavy atom. The summed E-state index contributed by atoms with van der Waals surface area (Å²) in [6.45, 7) is 0. The summed E-state index contributed by atoms with van der Waals surface area (Å²) < 4.78 is 117. The van der Waals surface area contributed by atoms with Gasteiger partial charge in [-0.2, -0.15) is 39.5 Å². The first-order valence-corrected chi connectivity index (χ1v) is 8.69. The number of hydrogen-bond donors (Lipinski definition) is 1. The van der Waals surface area contributed by atoms with Crippen molar-refractivity contribution in [2.45, 2.75) is 18.5 Å². The molecule has 0 aromatic carbocycles. The van der Waals surface area contributed by atoms with Crippen LogP contribution in [0.5, 0.6) is 0 Å². The zero-order chi connectivity index (χ0) is 25.5. The molecule has 2 N–H and O–H groups in total. The average molecular weight is 496 g/mol. The van der Waals surface area contributed by atoms with Crippen molar-refractivity contribution in [1.82, 2.24) is 24.7 Å². The van der Waals surface area contributed by atoms with Gasteiger partial charge in [0.1, 0.15) is 23.4 Å². The summed E-state index contributed by atoms with van der Waals surface area (Å²) in [4.78, 5) is 21.1. The van der Waals surface area contributed by atoms with E-state index in [4.69, 9.17) is 5.73 Å². The first-order valence-electron chi connectivity index (χ1n) is 8.69. The highest BCUT2D eigenvalue weighted by atomic mass is 19.4. The molecule has 0 aliphatic carbocycles. The predicted octanol–water partition coefficient (Wildman–Crippen LogP) is 4.27. The molecular formula is C18H9F9N6O. The highest BCUT2D eigenvalue weighted by Gasteiger charge is 2.39. The van der Waals surface area contributed by atoms with Crippen molar-refractivity contribution in [3.05, 3.63) is 59.4 Å². The Kier molecular flexibility index (Phi) is 6.11. The third-order valence-electron chi connectivity index (χ3n) is 4.06. The van der Waals surface area contributed by atoms with E-state index in [1.807, 2.05) is 0 Å². The van der Waals surface area contributed by atoms with Crippen LogP contribution in [0.2, 0.25) is 0 Å². The Hall–Kier alpha value is -3.98. The van der Waals surface area contributed by atoms with E-state index in [2.05, 4.69) is 20.1 Å². The van der Waals surface area contributed by atoms with E-state index in [1.165, 1.54) is 0 Å². The van der Waals surface area contributed by atoms with Crippen molar-refractivity contribution >= 4 is 17.7 Å². The van der Waals surface area contributed by atoms with Gasteiger partial charge in [-0.15, -0.1) is 5.10 Å². The fourth-order valence-electron chi connectivity index (χ4n) is 2.59. The third kappa shape index (κ3) is 5.49. The van der Waals surface area contributed by atoms with Crippen LogP contribution in [-0.4, -0.2) is 30.6 Å². The van der Waals surface area contributed by atoms with Crippen LogP contribution in [0, 0.1) is 0 Å². The molecule has 7 nitrogen and oxygen atoms in total. The predicted molar refractivity (Wildman–Crippen MR) is 95.9 cm³/mol. The van der Waals surface area contributed by atoms with Crippen molar-refractivity contribution in [2.75, 3.05) is 0 Å². The van der Waals surface area contributed by atoms with Gasteiger partial charge < -0.3 is 5.73 Å². The highest BCUT2D eigenvalue weighted by Crippen LogP contribution is 2.35. The number of carbonyl (C=O) groups excluding carboxylic acids is 1. The molecule has 3 rings (SSSR count). The Morgan fingerprint density at radius 3 is 1.91 bits per heavy atom. The van der Waals surface area contributed by atoms with Gasteiger partial charge in [0.05, 0.1) is 5.57 Å². The van der Waals surface area contributed by atoms with Gasteiger partial charge in [-0.1, -0.05) is 0 Å². The Labute approximate surface area is 182 Å². The molecule has 16 heteroatoms. The minimum Gasteiger partial charge on any atom is -0.366 e. The van der Waals surface area contributed by atoms with Gasteiger partial charge in [-0.05, 0) is 29.8 Å². The summed E-state index contributed by atoms with van der Waals surface area (Å²) in [6.07, 6.45) is -12.9. The summed E-state index contributed by atoms with van der Waals surface area (Å²) >= 11 is 0. The number of primary amides is 1. The van der Waals surface area contributed by atoms with Gasteiger partial charge in [0.2, 0.25) is 0 Å². The van der Waals surface area contributed by atoms with Crippen LogP contribution in [-0.2, 0) is 23.3 Å². The zero-order valence-corrected chi connectivity index (χ0v) is 16.2. The number of nitrogens with two attached hydrogens (primary N) is 1. The van der Waals surface area contributed by atoms with E-state index >= 15 is 0 Å². The van der Waals surface area contributed by atoms with Gasteiger partial charge >= 0.3 is 18.5 Å². The van der Waals surface area contributed by atoms with Crippen LogP contribution < -0.4 is 5.73 Å². The highest BCUT2D eigenvalue weighted by molar-refractivity contribution is 6.22. The topological polar surface area (TPSA) is 99.6 Å². The smallest absolute Gasteiger partial charge is 0.366 e. The maximum absolute atomic E-state index is 13.0. The molecule has 0 saturated carbocycles. The van der Waals surface area contributed by atoms with E-state index in [-0.39, 0.29) is 17.7 Å².